The summed E-state index contributed by atoms with van der Waals surface area (Å²) in [7, 11) is 1.97. The Morgan fingerprint density at radius 3 is 3.00 bits per heavy atom. The highest BCUT2D eigenvalue weighted by Gasteiger charge is 2.45. The van der Waals surface area contributed by atoms with Gasteiger partial charge < -0.3 is 10.1 Å². The first-order valence-corrected chi connectivity index (χ1v) is 8.21. The molecule has 0 aliphatic carbocycles. The summed E-state index contributed by atoms with van der Waals surface area (Å²) in [5.41, 5.74) is 3.26. The number of nitrogens with one attached hydrogen (secondary N) is 1. The molecule has 3 heterocycles. The van der Waals surface area contributed by atoms with Gasteiger partial charge in [-0.15, -0.1) is 0 Å². The summed E-state index contributed by atoms with van der Waals surface area (Å²) in [6.07, 6.45) is 0.767. The van der Waals surface area contributed by atoms with E-state index in [0.717, 1.165) is 35.1 Å². The van der Waals surface area contributed by atoms with E-state index in [0.29, 0.717) is 5.56 Å². The predicted molar refractivity (Wildman–Crippen MR) is 88.7 cm³/mol. The van der Waals surface area contributed by atoms with Crippen LogP contribution in [-0.2, 0) is 16.0 Å². The van der Waals surface area contributed by atoms with E-state index < -0.39 is 12.0 Å². The van der Waals surface area contributed by atoms with Crippen molar-refractivity contribution in [3.8, 4) is 0 Å². The fourth-order valence-corrected chi connectivity index (χ4v) is 3.81. The van der Waals surface area contributed by atoms with E-state index in [1.54, 1.807) is 6.92 Å². The number of hydrogen-bond donors (Lipinski definition) is 1. The Hall–Kier alpha value is -2.47. The SMILES string of the molecule is CCOC(=O)[C@@H]1NC(=O)c2c3c(nc4ccccc24)CCN(C)[C@@H]31. The van der Waals surface area contributed by atoms with Gasteiger partial charge in [0.25, 0.3) is 5.91 Å². The van der Waals surface area contributed by atoms with E-state index in [1.807, 2.05) is 31.3 Å². The molecule has 2 atom stereocenters. The summed E-state index contributed by atoms with van der Waals surface area (Å²) in [5.74, 6) is -0.621. The molecule has 6 heteroatoms. The van der Waals surface area contributed by atoms with Gasteiger partial charge in [0.05, 0.1) is 23.7 Å². The quantitative estimate of drug-likeness (QED) is 0.846. The van der Waals surface area contributed by atoms with Crippen molar-refractivity contribution in [3.05, 3.63) is 41.1 Å². The minimum absolute atomic E-state index is 0.227. The molecular weight excluding hydrogens is 306 g/mol. The van der Waals surface area contributed by atoms with E-state index in [4.69, 9.17) is 9.72 Å². The molecule has 1 aromatic heterocycles. The summed E-state index contributed by atoms with van der Waals surface area (Å²) in [6, 6.07) is 6.72. The molecule has 0 spiro atoms. The predicted octanol–water partition coefficient (Wildman–Crippen LogP) is 1.44. The number of aromatic nitrogens is 1. The maximum absolute atomic E-state index is 12.8. The molecule has 2 aromatic rings. The molecule has 1 aromatic carbocycles. The van der Waals surface area contributed by atoms with Gasteiger partial charge in [-0.05, 0) is 20.0 Å². The van der Waals surface area contributed by atoms with Crippen LogP contribution in [0.25, 0.3) is 10.9 Å². The molecule has 2 aliphatic heterocycles. The summed E-state index contributed by atoms with van der Waals surface area (Å²) in [5, 5.41) is 3.69. The third-order valence-corrected chi connectivity index (χ3v) is 4.85. The fraction of sp³-hybridized carbons (Fsp3) is 0.389. The fourth-order valence-electron chi connectivity index (χ4n) is 3.81. The second-order valence-corrected chi connectivity index (χ2v) is 6.24. The summed E-state index contributed by atoms with van der Waals surface area (Å²) in [4.78, 5) is 32.0. The van der Waals surface area contributed by atoms with Gasteiger partial charge in [-0.25, -0.2) is 4.79 Å². The van der Waals surface area contributed by atoms with Crippen LogP contribution in [0.5, 0.6) is 0 Å². The number of fused-ring (bicyclic) bond motifs is 2. The highest BCUT2D eigenvalue weighted by atomic mass is 16.5. The average Bonchev–Trinajstić information content (AvgIpc) is 2.58. The van der Waals surface area contributed by atoms with E-state index in [-0.39, 0.29) is 18.6 Å². The molecule has 0 bridgehead atoms. The lowest BCUT2D eigenvalue weighted by Crippen LogP contribution is -2.56. The molecule has 0 unspecified atom stereocenters. The zero-order valence-electron chi connectivity index (χ0n) is 13.7. The number of likely N-dealkylation sites (N-methyl/N-ethyl adjacent to an activating group) is 1. The normalized spacial score (nSPS) is 22.8. The number of rotatable bonds is 2. The Labute approximate surface area is 139 Å². The topological polar surface area (TPSA) is 71.5 Å². The van der Waals surface area contributed by atoms with Crippen molar-refractivity contribution in [3.63, 3.8) is 0 Å². The first-order chi connectivity index (χ1) is 11.6. The summed E-state index contributed by atoms with van der Waals surface area (Å²) < 4.78 is 5.18. The monoisotopic (exact) mass is 325 g/mol. The molecule has 2 aliphatic rings. The Morgan fingerprint density at radius 2 is 2.21 bits per heavy atom. The van der Waals surface area contributed by atoms with Crippen molar-refractivity contribution in [1.29, 1.82) is 0 Å². The maximum Gasteiger partial charge on any atom is 0.330 e. The number of esters is 1. The highest BCUT2D eigenvalue weighted by Crippen LogP contribution is 2.39. The van der Waals surface area contributed by atoms with Gasteiger partial charge in [0.2, 0.25) is 0 Å². The molecule has 124 valence electrons. The van der Waals surface area contributed by atoms with E-state index >= 15 is 0 Å². The lowest BCUT2D eigenvalue weighted by atomic mass is 9.83. The number of carbonyl (C=O) groups is 2. The lowest BCUT2D eigenvalue weighted by Gasteiger charge is -2.42. The third-order valence-electron chi connectivity index (χ3n) is 4.85. The van der Waals surface area contributed by atoms with Crippen LogP contribution >= 0.6 is 0 Å². The van der Waals surface area contributed by atoms with E-state index in [9.17, 15) is 9.59 Å². The Kier molecular flexibility index (Phi) is 3.49. The van der Waals surface area contributed by atoms with Crippen molar-refractivity contribution in [1.82, 2.24) is 15.2 Å². The Morgan fingerprint density at radius 1 is 1.42 bits per heavy atom. The molecule has 24 heavy (non-hydrogen) atoms. The van der Waals surface area contributed by atoms with Crippen molar-refractivity contribution < 1.29 is 14.3 Å². The second-order valence-electron chi connectivity index (χ2n) is 6.24. The van der Waals surface area contributed by atoms with Gasteiger partial charge >= 0.3 is 5.97 Å². The number of pyridine rings is 1. The molecular formula is C18H19N3O3. The van der Waals surface area contributed by atoms with Crippen LogP contribution in [0.15, 0.2) is 24.3 Å². The van der Waals surface area contributed by atoms with E-state index in [1.165, 1.54) is 0 Å². The van der Waals surface area contributed by atoms with Gasteiger partial charge in [0, 0.05) is 29.6 Å². The van der Waals surface area contributed by atoms with Crippen LogP contribution < -0.4 is 5.32 Å². The van der Waals surface area contributed by atoms with Gasteiger partial charge in [0.1, 0.15) is 6.04 Å². The Bertz CT molecular complexity index is 849. The zero-order chi connectivity index (χ0) is 16.8. The number of para-hydroxylation sites is 1. The first kappa shape index (κ1) is 15.1. The number of amides is 1. The van der Waals surface area contributed by atoms with Gasteiger partial charge in [-0.3, -0.25) is 14.7 Å². The van der Waals surface area contributed by atoms with Crippen LogP contribution in [0.1, 0.15) is 34.6 Å². The van der Waals surface area contributed by atoms with Crippen LogP contribution in [0.2, 0.25) is 0 Å². The minimum Gasteiger partial charge on any atom is -0.464 e. The minimum atomic E-state index is -0.697. The largest absolute Gasteiger partial charge is 0.464 e. The Balaban J connectivity index is 1.96. The molecule has 6 nitrogen and oxygen atoms in total. The summed E-state index contributed by atoms with van der Waals surface area (Å²) in [6.45, 7) is 2.84. The number of benzene rings is 1. The van der Waals surface area contributed by atoms with Gasteiger partial charge in [-0.2, -0.15) is 0 Å². The second kappa shape index (κ2) is 5.56. The average molecular weight is 325 g/mol. The molecule has 0 saturated carbocycles. The number of carbonyl (C=O) groups excluding carboxylic acids is 2. The lowest BCUT2D eigenvalue weighted by molar-refractivity contribution is -0.147. The number of nitrogens with zero attached hydrogens (tertiary/aromatic N) is 2. The van der Waals surface area contributed by atoms with Gasteiger partial charge in [-0.1, -0.05) is 18.2 Å². The van der Waals surface area contributed by atoms with Crippen LogP contribution in [0.4, 0.5) is 0 Å². The van der Waals surface area contributed by atoms with Crippen molar-refractivity contribution in [2.24, 2.45) is 0 Å². The van der Waals surface area contributed by atoms with Gasteiger partial charge in [0.15, 0.2) is 0 Å². The smallest absolute Gasteiger partial charge is 0.330 e. The van der Waals surface area contributed by atoms with E-state index in [2.05, 4.69) is 10.2 Å². The van der Waals surface area contributed by atoms with Crippen molar-refractivity contribution >= 4 is 22.8 Å². The number of hydrogen-bond acceptors (Lipinski definition) is 5. The molecule has 1 amide bonds. The molecule has 0 saturated heterocycles. The first-order valence-electron chi connectivity index (χ1n) is 8.21. The third kappa shape index (κ3) is 2.10. The van der Waals surface area contributed by atoms with Crippen LogP contribution in [0, 0.1) is 0 Å². The maximum atomic E-state index is 12.8. The number of ether oxygens (including phenoxy) is 1. The summed E-state index contributed by atoms with van der Waals surface area (Å²) >= 11 is 0. The van der Waals surface area contributed by atoms with Crippen molar-refractivity contribution in [2.75, 3.05) is 20.2 Å². The molecule has 4 rings (SSSR count). The molecule has 0 radical (unpaired) electrons. The van der Waals surface area contributed by atoms with Crippen LogP contribution in [-0.4, -0.2) is 48.0 Å². The molecule has 0 fully saturated rings. The molecule has 1 N–H and O–H groups in total. The zero-order valence-corrected chi connectivity index (χ0v) is 13.7. The highest BCUT2D eigenvalue weighted by molar-refractivity contribution is 6.10. The van der Waals surface area contributed by atoms with Crippen LogP contribution in [0.3, 0.4) is 0 Å². The standard InChI is InChI=1S/C18H19N3O3/c1-3-24-18(23)15-16-14-12(8-9-21(16)2)19-11-7-5-4-6-10(11)13(14)17(22)20-15/h4-7,15-16H,3,8-9H2,1-2H3,(H,20,22)/t15-,16+/m1/s1. The van der Waals surface area contributed by atoms with Crippen molar-refractivity contribution in [2.45, 2.75) is 25.4 Å².